The van der Waals surface area contributed by atoms with Crippen molar-refractivity contribution in [1.29, 1.82) is 0 Å². The third kappa shape index (κ3) is 18.3. The molecule has 0 atom stereocenters. The minimum atomic E-state index is 0.0895. The van der Waals surface area contributed by atoms with E-state index in [0.29, 0.717) is 10.9 Å². The largest absolute Gasteiger partial charge is 0.121 e. The van der Waals surface area contributed by atoms with Crippen LogP contribution in [0.4, 0.5) is 0 Å². The van der Waals surface area contributed by atoms with Crippen LogP contribution in [0.2, 0.25) is 0 Å². The van der Waals surface area contributed by atoms with Gasteiger partial charge < -0.3 is 0 Å². The van der Waals surface area contributed by atoms with Crippen molar-refractivity contribution in [2.45, 2.75) is 0 Å². The molecule has 0 aliphatic rings. The molecule has 0 rings (SSSR count). The quantitative estimate of drug-likeness (QED) is 0.588. The van der Waals surface area contributed by atoms with E-state index < -0.39 is 0 Å². The first-order chi connectivity index (χ1) is 5.08. The Labute approximate surface area is 95.6 Å². The second-order valence-corrected chi connectivity index (χ2v) is 3.29. The van der Waals surface area contributed by atoms with Crippen molar-refractivity contribution in [3.63, 3.8) is 0 Å². The van der Waals surface area contributed by atoms with Gasteiger partial charge in [-0.25, -0.2) is 0 Å². The zero-order valence-electron chi connectivity index (χ0n) is 5.13. The Balaban J connectivity index is 0. The third-order valence-corrected chi connectivity index (χ3v) is 2.03. The lowest BCUT2D eigenvalue weighted by Crippen LogP contribution is -1.64. The molecule has 66 valence electrons. The SMILES string of the molecule is Cl/C=C(/Cl)CCl.ClC=C(Cl)Cl. The Hall–Kier alpha value is 1.22. The van der Waals surface area contributed by atoms with Gasteiger partial charge in [-0.2, -0.15) is 0 Å². The molecule has 11 heavy (non-hydrogen) atoms. The first-order valence-electron chi connectivity index (χ1n) is 2.20. The smallest absolute Gasteiger partial charge is 0.118 e. The summed E-state index contributed by atoms with van der Waals surface area (Å²) < 4.78 is 0.0895. The van der Waals surface area contributed by atoms with Crippen molar-refractivity contribution in [1.82, 2.24) is 0 Å². The van der Waals surface area contributed by atoms with Crippen LogP contribution in [0.25, 0.3) is 0 Å². The predicted molar refractivity (Wildman–Crippen MR) is 56.2 cm³/mol. The molecule has 0 aliphatic heterocycles. The molecule has 0 radical (unpaired) electrons. The third-order valence-electron chi connectivity index (χ3n) is 0.329. The molecule has 0 saturated heterocycles. The van der Waals surface area contributed by atoms with Crippen molar-refractivity contribution in [3.05, 3.63) is 20.6 Å². The summed E-state index contributed by atoms with van der Waals surface area (Å²) in [7, 11) is 0. The molecule has 6 heteroatoms. The van der Waals surface area contributed by atoms with E-state index in [1.54, 1.807) is 0 Å². The lowest BCUT2D eigenvalue weighted by atomic mass is 10.7. The summed E-state index contributed by atoms with van der Waals surface area (Å²) in [5.74, 6) is 0.297. The molecule has 0 nitrogen and oxygen atoms in total. The monoisotopic (exact) mass is 274 g/mol. The van der Waals surface area contributed by atoms with Gasteiger partial charge in [0, 0.05) is 16.1 Å². The molecule has 0 aromatic rings. The van der Waals surface area contributed by atoms with Crippen LogP contribution in [0, 0.1) is 0 Å². The highest BCUT2D eigenvalue weighted by Gasteiger charge is 1.80. The Morgan fingerprint density at radius 3 is 1.36 bits per heavy atom. The van der Waals surface area contributed by atoms with E-state index in [1.165, 1.54) is 5.54 Å². The topological polar surface area (TPSA) is 0 Å². The minimum absolute atomic E-state index is 0.0895. The fourth-order valence-corrected chi connectivity index (χ4v) is 0.262. The summed E-state index contributed by atoms with van der Waals surface area (Å²) in [5.41, 5.74) is 2.33. The van der Waals surface area contributed by atoms with Crippen LogP contribution in [0.3, 0.4) is 0 Å². The summed E-state index contributed by atoms with van der Waals surface area (Å²) in [6, 6.07) is 0. The van der Waals surface area contributed by atoms with E-state index in [0.717, 1.165) is 5.54 Å². The molecule has 0 unspecified atom stereocenters. The minimum Gasteiger partial charge on any atom is -0.121 e. The zero-order chi connectivity index (χ0) is 9.28. The maximum atomic E-state index is 5.25. The second-order valence-electron chi connectivity index (χ2n) is 1.09. The Bertz CT molecular complexity index is 134. The molecule has 0 spiro atoms. The Kier molecular flexibility index (Phi) is 15.0. The van der Waals surface area contributed by atoms with E-state index in [9.17, 15) is 0 Å². The number of hydrogen-bond acceptors (Lipinski definition) is 0. The van der Waals surface area contributed by atoms with Crippen LogP contribution in [0.15, 0.2) is 20.6 Å². The van der Waals surface area contributed by atoms with Crippen LogP contribution in [-0.4, -0.2) is 5.88 Å². The van der Waals surface area contributed by atoms with E-state index in [4.69, 9.17) is 69.6 Å². The summed E-state index contributed by atoms with van der Waals surface area (Å²) in [6.45, 7) is 0. The first kappa shape index (κ1) is 14.7. The van der Waals surface area contributed by atoms with Gasteiger partial charge in [-0.3, -0.25) is 0 Å². The van der Waals surface area contributed by atoms with Crippen molar-refractivity contribution in [2.75, 3.05) is 5.88 Å². The second kappa shape index (κ2) is 11.2. The molecule has 0 amide bonds. The fourth-order valence-electron chi connectivity index (χ4n) is 0.0292. The Morgan fingerprint density at radius 1 is 1.00 bits per heavy atom. The van der Waals surface area contributed by atoms with Crippen LogP contribution in [-0.2, 0) is 0 Å². The summed E-state index contributed by atoms with van der Waals surface area (Å²) in [4.78, 5) is 0. The van der Waals surface area contributed by atoms with E-state index >= 15 is 0 Å². The first-order valence-corrected chi connectivity index (χ1v) is 4.74. The van der Waals surface area contributed by atoms with Crippen molar-refractivity contribution < 1.29 is 0 Å². The Morgan fingerprint density at radius 2 is 1.36 bits per heavy atom. The normalized spacial score (nSPS) is 9.82. The van der Waals surface area contributed by atoms with Crippen molar-refractivity contribution in [3.8, 4) is 0 Å². The molecule has 0 fully saturated rings. The molecule has 0 heterocycles. The summed E-state index contributed by atoms with van der Waals surface area (Å²) in [6.07, 6.45) is 0. The van der Waals surface area contributed by atoms with Gasteiger partial charge in [-0.15, -0.1) is 11.6 Å². The van der Waals surface area contributed by atoms with Crippen LogP contribution in [0.1, 0.15) is 0 Å². The average Bonchev–Trinajstić information content (AvgIpc) is 2.04. The molecule has 0 aromatic carbocycles. The number of allylic oxidation sites excluding steroid dienone is 1. The van der Waals surface area contributed by atoms with Crippen LogP contribution in [0.5, 0.6) is 0 Å². The van der Waals surface area contributed by atoms with Gasteiger partial charge in [0.25, 0.3) is 0 Å². The lowest BCUT2D eigenvalue weighted by molar-refractivity contribution is 1.71. The van der Waals surface area contributed by atoms with Gasteiger partial charge >= 0.3 is 0 Å². The molecular weight excluding hydrogens is 273 g/mol. The molecule has 0 N–H and O–H groups in total. The fraction of sp³-hybridized carbons (Fsp3) is 0.200. The maximum absolute atomic E-state index is 5.25. The van der Waals surface area contributed by atoms with Crippen molar-refractivity contribution in [2.24, 2.45) is 0 Å². The zero-order valence-corrected chi connectivity index (χ0v) is 9.67. The van der Waals surface area contributed by atoms with Crippen LogP contribution >= 0.6 is 69.6 Å². The number of halogens is 6. The van der Waals surface area contributed by atoms with Crippen LogP contribution < -0.4 is 0 Å². The van der Waals surface area contributed by atoms with E-state index in [1.807, 2.05) is 0 Å². The van der Waals surface area contributed by atoms with Gasteiger partial charge in [0.2, 0.25) is 0 Å². The molecule has 0 bridgehead atoms. The molecule has 0 aliphatic carbocycles. The van der Waals surface area contributed by atoms with Gasteiger partial charge in [0.05, 0.1) is 5.88 Å². The number of alkyl halides is 1. The lowest BCUT2D eigenvalue weighted by Gasteiger charge is -1.78. The summed E-state index contributed by atoms with van der Waals surface area (Å²) >= 11 is 30.3. The van der Waals surface area contributed by atoms with E-state index in [-0.39, 0.29) is 4.49 Å². The number of hydrogen-bond donors (Lipinski definition) is 0. The highest BCUT2D eigenvalue weighted by molar-refractivity contribution is 6.58. The highest BCUT2D eigenvalue weighted by atomic mass is 35.5. The van der Waals surface area contributed by atoms with Gasteiger partial charge in [-0.1, -0.05) is 58.0 Å². The molecular formula is C5H4Cl6. The van der Waals surface area contributed by atoms with Gasteiger partial charge in [0.15, 0.2) is 0 Å². The standard InChI is InChI=1S/C3H3Cl3.C2HCl3/c4-1-3(6)2-5;3-1-2(4)5/h1H,2H2;1H/b3-1+;. The highest BCUT2D eigenvalue weighted by Crippen LogP contribution is 2.06. The summed E-state index contributed by atoms with van der Waals surface area (Å²) in [5, 5.41) is 0.471. The number of rotatable bonds is 1. The van der Waals surface area contributed by atoms with Gasteiger partial charge in [0.1, 0.15) is 4.49 Å². The van der Waals surface area contributed by atoms with Crippen molar-refractivity contribution >= 4 is 69.6 Å². The average molecular weight is 277 g/mol. The molecule has 0 aromatic heterocycles. The predicted octanol–water partition coefficient (Wildman–Crippen LogP) is 5.05. The van der Waals surface area contributed by atoms with Gasteiger partial charge in [-0.05, 0) is 0 Å². The molecule has 0 saturated carbocycles. The van der Waals surface area contributed by atoms with E-state index in [2.05, 4.69) is 0 Å². The maximum Gasteiger partial charge on any atom is 0.118 e.